The van der Waals surface area contributed by atoms with Gasteiger partial charge in [0.05, 0.1) is 11.3 Å². The minimum atomic E-state index is 0. The van der Waals surface area contributed by atoms with Crippen LogP contribution in [0.3, 0.4) is 0 Å². The number of benzene rings is 1. The van der Waals surface area contributed by atoms with Crippen LogP contribution in [0, 0.1) is 13.8 Å². The van der Waals surface area contributed by atoms with Crippen molar-refractivity contribution in [2.45, 2.75) is 39.3 Å². The molecule has 0 radical (unpaired) electrons. The normalized spacial score (nSPS) is 17.1. The van der Waals surface area contributed by atoms with Gasteiger partial charge in [0.2, 0.25) is 0 Å². The number of hydrogen-bond donors (Lipinski definition) is 1. The molecule has 1 amide bonds. The number of nitrogens with zero attached hydrogens (tertiary/aromatic N) is 2. The molecule has 1 aromatic heterocycles. The molecule has 25 heavy (non-hydrogen) atoms. The minimum absolute atomic E-state index is 0. The highest BCUT2D eigenvalue weighted by Crippen LogP contribution is 2.20. The number of ether oxygens (including phenoxy) is 1. The lowest BCUT2D eigenvalue weighted by Gasteiger charge is -2.30. The first-order valence-electron chi connectivity index (χ1n) is 8.24. The molecule has 1 aromatic carbocycles. The van der Waals surface area contributed by atoms with Crippen molar-refractivity contribution in [3.8, 4) is 5.75 Å². The molecule has 2 aromatic rings. The predicted octanol–water partition coefficient (Wildman–Crippen LogP) is 2.86. The molecule has 6 nitrogen and oxygen atoms in total. The Morgan fingerprint density at radius 3 is 2.92 bits per heavy atom. The van der Waals surface area contributed by atoms with Gasteiger partial charge in [-0.1, -0.05) is 11.2 Å². The highest BCUT2D eigenvalue weighted by atomic mass is 35.5. The van der Waals surface area contributed by atoms with Gasteiger partial charge in [-0.3, -0.25) is 4.79 Å². The van der Waals surface area contributed by atoms with Gasteiger partial charge in [-0.2, -0.15) is 0 Å². The van der Waals surface area contributed by atoms with E-state index in [2.05, 4.69) is 5.16 Å². The molecule has 0 aliphatic carbocycles. The molecule has 1 atom stereocenters. The van der Waals surface area contributed by atoms with Crippen LogP contribution in [0.15, 0.2) is 28.8 Å². The highest BCUT2D eigenvalue weighted by Gasteiger charge is 2.22. The van der Waals surface area contributed by atoms with Crippen LogP contribution in [0.25, 0.3) is 0 Å². The quantitative estimate of drug-likeness (QED) is 0.900. The van der Waals surface area contributed by atoms with Crippen LogP contribution in [0.5, 0.6) is 5.75 Å². The average Bonchev–Trinajstić information content (AvgIpc) is 2.91. The second-order valence-electron chi connectivity index (χ2n) is 6.27. The van der Waals surface area contributed by atoms with Gasteiger partial charge in [0.25, 0.3) is 5.91 Å². The first-order chi connectivity index (χ1) is 11.5. The van der Waals surface area contributed by atoms with Crippen molar-refractivity contribution in [3.05, 3.63) is 46.8 Å². The first-order valence-corrected chi connectivity index (χ1v) is 8.24. The zero-order valence-electron chi connectivity index (χ0n) is 14.5. The Kier molecular flexibility index (Phi) is 6.45. The van der Waals surface area contributed by atoms with Gasteiger partial charge in [0, 0.05) is 24.7 Å². The Bertz CT molecular complexity index is 713. The Labute approximate surface area is 153 Å². The number of halogens is 1. The molecule has 1 saturated heterocycles. The highest BCUT2D eigenvalue weighted by molar-refractivity contribution is 5.94. The summed E-state index contributed by atoms with van der Waals surface area (Å²) in [6.07, 6.45) is 1.93. The fraction of sp³-hybridized carbons (Fsp3) is 0.444. The van der Waals surface area contributed by atoms with E-state index in [1.165, 1.54) is 0 Å². The zero-order valence-corrected chi connectivity index (χ0v) is 15.3. The number of aryl methyl sites for hydroxylation is 2. The molecule has 3 rings (SSSR count). The van der Waals surface area contributed by atoms with E-state index in [1.54, 1.807) is 6.07 Å². The van der Waals surface area contributed by atoms with Crippen molar-refractivity contribution in [1.82, 2.24) is 10.1 Å². The van der Waals surface area contributed by atoms with E-state index < -0.39 is 0 Å². The summed E-state index contributed by atoms with van der Waals surface area (Å²) < 4.78 is 10.9. The molecular weight excluding hydrogens is 342 g/mol. The lowest BCUT2D eigenvalue weighted by molar-refractivity contribution is 0.0708. The standard InChI is InChI=1S/C18H23N3O3.ClH/c1-12-17(13(2)24-20-12)11-23-16-7-3-5-14(9-16)18(22)21-8-4-6-15(19)10-21;/h3,5,7,9,15H,4,6,8,10-11,19H2,1-2H3;1H. The van der Waals surface area contributed by atoms with Gasteiger partial charge in [0.1, 0.15) is 18.1 Å². The number of carbonyl (C=O) groups excluding carboxylic acids is 1. The van der Waals surface area contributed by atoms with Crippen molar-refractivity contribution in [1.29, 1.82) is 0 Å². The second kappa shape index (κ2) is 8.36. The summed E-state index contributed by atoms with van der Waals surface area (Å²) in [5, 5.41) is 3.91. The summed E-state index contributed by atoms with van der Waals surface area (Å²) in [7, 11) is 0. The molecule has 0 saturated carbocycles. The molecule has 1 fully saturated rings. The third-order valence-corrected chi connectivity index (χ3v) is 4.39. The van der Waals surface area contributed by atoms with Crippen molar-refractivity contribution >= 4 is 18.3 Å². The Hall–Kier alpha value is -2.05. The summed E-state index contributed by atoms with van der Waals surface area (Å²) in [5.74, 6) is 1.41. The van der Waals surface area contributed by atoms with E-state index >= 15 is 0 Å². The molecule has 7 heteroatoms. The van der Waals surface area contributed by atoms with Gasteiger partial charge in [-0.05, 0) is 44.9 Å². The summed E-state index contributed by atoms with van der Waals surface area (Å²) in [4.78, 5) is 14.4. The Balaban J connectivity index is 0.00000225. The van der Waals surface area contributed by atoms with Gasteiger partial charge < -0.3 is 19.9 Å². The number of hydrogen-bond acceptors (Lipinski definition) is 5. The van der Waals surface area contributed by atoms with Gasteiger partial charge >= 0.3 is 0 Å². The maximum atomic E-state index is 12.6. The van der Waals surface area contributed by atoms with E-state index in [0.29, 0.717) is 24.5 Å². The van der Waals surface area contributed by atoms with Crippen LogP contribution in [-0.2, 0) is 6.61 Å². The van der Waals surface area contributed by atoms with Gasteiger partial charge in [0.15, 0.2) is 0 Å². The smallest absolute Gasteiger partial charge is 0.254 e. The average molecular weight is 366 g/mol. The molecule has 0 spiro atoms. The SMILES string of the molecule is Cc1noc(C)c1COc1cccc(C(=O)N2CCCC(N)C2)c1.Cl. The Morgan fingerprint density at radius 2 is 2.24 bits per heavy atom. The predicted molar refractivity (Wildman–Crippen MR) is 97.1 cm³/mol. The topological polar surface area (TPSA) is 81.6 Å². The molecule has 1 aliphatic heterocycles. The van der Waals surface area contributed by atoms with Crippen LogP contribution in [0.2, 0.25) is 0 Å². The van der Waals surface area contributed by atoms with Gasteiger partial charge in [-0.15, -0.1) is 12.4 Å². The second-order valence-corrected chi connectivity index (χ2v) is 6.27. The summed E-state index contributed by atoms with van der Waals surface area (Å²) >= 11 is 0. The van der Waals surface area contributed by atoms with Crippen LogP contribution >= 0.6 is 12.4 Å². The number of piperidine rings is 1. The number of rotatable bonds is 4. The number of carbonyl (C=O) groups is 1. The molecule has 2 N–H and O–H groups in total. The maximum absolute atomic E-state index is 12.6. The van der Waals surface area contributed by atoms with Crippen LogP contribution in [0.4, 0.5) is 0 Å². The molecular formula is C18H24ClN3O3. The molecule has 1 unspecified atom stereocenters. The third-order valence-electron chi connectivity index (χ3n) is 4.39. The number of likely N-dealkylation sites (tertiary alicyclic amines) is 1. The fourth-order valence-corrected chi connectivity index (χ4v) is 2.96. The van der Waals surface area contributed by atoms with E-state index in [9.17, 15) is 4.79 Å². The van der Waals surface area contributed by atoms with Crippen LogP contribution in [0.1, 0.15) is 40.2 Å². The van der Waals surface area contributed by atoms with Crippen LogP contribution in [-0.4, -0.2) is 35.1 Å². The van der Waals surface area contributed by atoms with E-state index in [-0.39, 0.29) is 24.4 Å². The number of nitrogens with two attached hydrogens (primary N) is 1. The lowest BCUT2D eigenvalue weighted by Crippen LogP contribution is -2.45. The van der Waals surface area contributed by atoms with E-state index in [1.807, 2.05) is 36.9 Å². The number of amides is 1. The molecule has 1 aliphatic rings. The van der Waals surface area contributed by atoms with Crippen molar-refractivity contribution < 1.29 is 14.1 Å². The van der Waals surface area contributed by atoms with Crippen molar-refractivity contribution in [2.24, 2.45) is 5.73 Å². The molecule has 0 bridgehead atoms. The van der Waals surface area contributed by atoms with E-state index in [0.717, 1.165) is 36.4 Å². The van der Waals surface area contributed by atoms with Gasteiger partial charge in [-0.25, -0.2) is 0 Å². The van der Waals surface area contributed by atoms with Crippen LogP contribution < -0.4 is 10.5 Å². The van der Waals surface area contributed by atoms with E-state index in [4.69, 9.17) is 15.0 Å². The monoisotopic (exact) mass is 365 g/mol. The minimum Gasteiger partial charge on any atom is -0.489 e. The summed E-state index contributed by atoms with van der Waals surface area (Å²) in [6.45, 7) is 5.49. The first kappa shape index (κ1) is 19.3. The lowest BCUT2D eigenvalue weighted by atomic mass is 10.1. The molecule has 2 heterocycles. The summed E-state index contributed by atoms with van der Waals surface area (Å²) in [6, 6.07) is 7.34. The zero-order chi connectivity index (χ0) is 17.1. The largest absolute Gasteiger partial charge is 0.489 e. The van der Waals surface area contributed by atoms with Crippen molar-refractivity contribution in [2.75, 3.05) is 13.1 Å². The summed E-state index contributed by atoms with van der Waals surface area (Å²) in [5.41, 5.74) is 8.35. The number of aromatic nitrogens is 1. The third kappa shape index (κ3) is 4.52. The maximum Gasteiger partial charge on any atom is 0.254 e. The Morgan fingerprint density at radius 1 is 1.44 bits per heavy atom. The molecule has 136 valence electrons. The van der Waals surface area contributed by atoms with Crippen molar-refractivity contribution in [3.63, 3.8) is 0 Å². The fourth-order valence-electron chi connectivity index (χ4n) is 2.96.